The van der Waals surface area contributed by atoms with Crippen LogP contribution in [0.1, 0.15) is 25.7 Å². The number of rotatable bonds is 6. The van der Waals surface area contributed by atoms with Gasteiger partial charge in [-0.3, -0.25) is 0 Å². The van der Waals surface area contributed by atoms with Gasteiger partial charge in [-0.05, 0) is 37.5 Å². The first kappa shape index (κ1) is 15.3. The van der Waals surface area contributed by atoms with Crippen molar-refractivity contribution in [1.82, 2.24) is 4.31 Å². The zero-order chi connectivity index (χ0) is 13.9. The van der Waals surface area contributed by atoms with Crippen LogP contribution < -0.4 is 0 Å². The molecule has 3 nitrogen and oxygen atoms in total. The molecule has 1 aromatic carbocycles. The molecule has 0 unspecified atom stereocenters. The molecule has 0 aromatic heterocycles. The Kier molecular flexibility index (Phi) is 5.29. The maximum Gasteiger partial charge on any atom is 0.243 e. The Morgan fingerprint density at radius 3 is 2.63 bits per heavy atom. The van der Waals surface area contributed by atoms with Crippen molar-refractivity contribution in [3.05, 3.63) is 29.3 Å². The molecule has 0 heterocycles. The molecular weight excluding hydrogens is 350 g/mol. The van der Waals surface area contributed by atoms with Crippen molar-refractivity contribution in [3.63, 3.8) is 0 Å². The lowest BCUT2D eigenvalue weighted by molar-refractivity contribution is 0.220. The molecule has 1 aromatic rings. The third kappa shape index (κ3) is 3.51. The van der Waals surface area contributed by atoms with Gasteiger partial charge in [-0.2, -0.15) is 4.31 Å². The molecule has 2 rings (SSSR count). The summed E-state index contributed by atoms with van der Waals surface area (Å²) in [5.41, 5.74) is 0. The van der Waals surface area contributed by atoms with Crippen LogP contribution in [-0.4, -0.2) is 30.6 Å². The van der Waals surface area contributed by atoms with Gasteiger partial charge in [-0.1, -0.05) is 40.0 Å². The molecule has 0 aliphatic heterocycles. The summed E-state index contributed by atoms with van der Waals surface area (Å²) in [5, 5.41) is 1.26. The van der Waals surface area contributed by atoms with Crippen LogP contribution >= 0.6 is 27.5 Å². The molecule has 0 radical (unpaired) electrons. The Bertz CT molecular complexity index is 531. The highest BCUT2D eigenvalue weighted by molar-refractivity contribution is 9.09. The Labute approximate surface area is 128 Å². The minimum atomic E-state index is -3.43. The summed E-state index contributed by atoms with van der Waals surface area (Å²) in [6.07, 6.45) is 3.85. The Balaban J connectivity index is 2.27. The van der Waals surface area contributed by atoms with E-state index in [4.69, 9.17) is 11.6 Å². The van der Waals surface area contributed by atoms with E-state index in [1.54, 1.807) is 22.5 Å². The van der Waals surface area contributed by atoms with Crippen LogP contribution in [0.2, 0.25) is 5.02 Å². The van der Waals surface area contributed by atoms with E-state index in [2.05, 4.69) is 15.9 Å². The van der Waals surface area contributed by atoms with Crippen molar-refractivity contribution in [1.29, 1.82) is 0 Å². The number of sulfonamides is 1. The number of alkyl halides is 1. The minimum absolute atomic E-state index is 0.156. The van der Waals surface area contributed by atoms with Crippen LogP contribution in [0.3, 0.4) is 0 Å². The second kappa shape index (κ2) is 6.57. The Morgan fingerprint density at radius 2 is 2.11 bits per heavy atom. The summed E-state index contributed by atoms with van der Waals surface area (Å²) in [7, 11) is -3.43. The van der Waals surface area contributed by atoms with Crippen molar-refractivity contribution in [2.24, 2.45) is 0 Å². The van der Waals surface area contributed by atoms with E-state index in [0.29, 0.717) is 16.5 Å². The van der Waals surface area contributed by atoms with Crippen molar-refractivity contribution in [2.45, 2.75) is 36.6 Å². The summed E-state index contributed by atoms with van der Waals surface area (Å²) in [4.78, 5) is 0.293. The molecular formula is C13H17BrClNO2S. The lowest BCUT2D eigenvalue weighted by atomic mass is 9.93. The molecule has 1 fully saturated rings. The van der Waals surface area contributed by atoms with Crippen LogP contribution in [0.4, 0.5) is 0 Å². The van der Waals surface area contributed by atoms with Gasteiger partial charge in [-0.25, -0.2) is 8.42 Å². The van der Waals surface area contributed by atoms with Gasteiger partial charge in [0, 0.05) is 22.9 Å². The van der Waals surface area contributed by atoms with Gasteiger partial charge >= 0.3 is 0 Å². The number of hydrogen-bond acceptors (Lipinski definition) is 2. The van der Waals surface area contributed by atoms with Crippen molar-refractivity contribution < 1.29 is 8.42 Å². The van der Waals surface area contributed by atoms with Gasteiger partial charge in [-0.15, -0.1) is 0 Å². The average Bonchev–Trinajstić information content (AvgIpc) is 2.31. The topological polar surface area (TPSA) is 37.4 Å². The van der Waals surface area contributed by atoms with Gasteiger partial charge in [0.1, 0.15) is 0 Å². The third-order valence-corrected chi connectivity index (χ3v) is 6.14. The van der Waals surface area contributed by atoms with Crippen molar-refractivity contribution >= 4 is 37.6 Å². The zero-order valence-electron chi connectivity index (χ0n) is 10.6. The molecule has 6 heteroatoms. The highest BCUT2D eigenvalue weighted by Crippen LogP contribution is 2.30. The van der Waals surface area contributed by atoms with Gasteiger partial charge < -0.3 is 0 Å². The molecule has 0 N–H and O–H groups in total. The molecule has 0 spiro atoms. The molecule has 1 aliphatic rings. The number of benzene rings is 1. The highest BCUT2D eigenvalue weighted by atomic mass is 79.9. The van der Waals surface area contributed by atoms with E-state index in [-0.39, 0.29) is 6.04 Å². The number of hydrogen-bond donors (Lipinski definition) is 0. The Hall–Kier alpha value is -0.100. The first-order valence-corrected chi connectivity index (χ1v) is 9.33. The minimum Gasteiger partial charge on any atom is -0.207 e. The van der Waals surface area contributed by atoms with Gasteiger partial charge in [0.05, 0.1) is 4.90 Å². The van der Waals surface area contributed by atoms with Crippen molar-refractivity contribution in [3.8, 4) is 0 Å². The lowest BCUT2D eigenvalue weighted by Crippen LogP contribution is -2.44. The van der Waals surface area contributed by atoms with E-state index in [9.17, 15) is 8.42 Å². The molecule has 1 aliphatic carbocycles. The fraction of sp³-hybridized carbons (Fsp3) is 0.538. The van der Waals surface area contributed by atoms with Crippen molar-refractivity contribution in [2.75, 3.05) is 11.9 Å². The Morgan fingerprint density at radius 1 is 1.37 bits per heavy atom. The summed E-state index contributed by atoms with van der Waals surface area (Å²) in [6.45, 7) is 0.560. The molecule has 0 amide bonds. The normalized spacial score (nSPS) is 16.6. The van der Waals surface area contributed by atoms with Crippen LogP contribution in [-0.2, 0) is 10.0 Å². The van der Waals surface area contributed by atoms with Gasteiger partial charge in [0.2, 0.25) is 10.0 Å². The highest BCUT2D eigenvalue weighted by Gasteiger charge is 2.34. The number of nitrogens with zero attached hydrogens (tertiary/aromatic N) is 1. The van der Waals surface area contributed by atoms with E-state index in [1.807, 2.05) is 0 Å². The SMILES string of the molecule is O=S(=O)(c1cccc(Cl)c1)N(CCCBr)C1CCC1. The second-order valence-corrected chi connectivity index (χ2v) is 7.82. The average molecular weight is 367 g/mol. The molecule has 19 heavy (non-hydrogen) atoms. The quantitative estimate of drug-likeness (QED) is 0.720. The van der Waals surface area contributed by atoms with Gasteiger partial charge in [0.25, 0.3) is 0 Å². The first-order valence-electron chi connectivity index (χ1n) is 6.39. The molecule has 0 bridgehead atoms. The summed E-state index contributed by atoms with van der Waals surface area (Å²) in [6, 6.07) is 6.66. The fourth-order valence-electron chi connectivity index (χ4n) is 2.15. The predicted molar refractivity (Wildman–Crippen MR) is 81.4 cm³/mol. The first-order chi connectivity index (χ1) is 9.05. The van der Waals surface area contributed by atoms with Crippen LogP contribution in [0.5, 0.6) is 0 Å². The smallest absolute Gasteiger partial charge is 0.207 e. The number of halogens is 2. The van der Waals surface area contributed by atoms with Crippen LogP contribution in [0.15, 0.2) is 29.2 Å². The third-order valence-electron chi connectivity index (χ3n) is 3.40. The molecule has 0 saturated heterocycles. The second-order valence-electron chi connectivity index (χ2n) is 4.70. The maximum absolute atomic E-state index is 12.7. The molecule has 106 valence electrons. The van der Waals surface area contributed by atoms with E-state index in [1.165, 1.54) is 6.07 Å². The van der Waals surface area contributed by atoms with Crippen LogP contribution in [0, 0.1) is 0 Å². The largest absolute Gasteiger partial charge is 0.243 e. The standard InChI is InChI=1S/C13H17BrClNO2S/c14-8-3-9-16(12-5-2-6-12)19(17,18)13-7-1-4-11(15)10-13/h1,4,7,10,12H,2-3,5-6,8-9H2. The maximum atomic E-state index is 12.7. The van der Waals surface area contributed by atoms with E-state index < -0.39 is 10.0 Å². The molecule has 1 saturated carbocycles. The predicted octanol–water partition coefficient (Wildman–Crippen LogP) is 3.67. The van der Waals surface area contributed by atoms with Gasteiger partial charge in [0.15, 0.2) is 0 Å². The van der Waals surface area contributed by atoms with E-state index in [0.717, 1.165) is 31.0 Å². The van der Waals surface area contributed by atoms with E-state index >= 15 is 0 Å². The summed E-state index contributed by atoms with van der Waals surface area (Å²) < 4.78 is 27.0. The monoisotopic (exact) mass is 365 g/mol. The summed E-state index contributed by atoms with van der Waals surface area (Å²) in [5.74, 6) is 0. The fourth-order valence-corrected chi connectivity index (χ4v) is 4.43. The zero-order valence-corrected chi connectivity index (χ0v) is 13.7. The van der Waals surface area contributed by atoms with Crippen LogP contribution in [0.25, 0.3) is 0 Å². The lowest BCUT2D eigenvalue weighted by Gasteiger charge is -2.36. The molecule has 0 atom stereocenters. The summed E-state index contributed by atoms with van der Waals surface area (Å²) >= 11 is 9.26.